The van der Waals surface area contributed by atoms with Crippen molar-refractivity contribution in [2.45, 2.75) is 26.2 Å². The van der Waals surface area contributed by atoms with E-state index in [0.717, 1.165) is 38.4 Å². The summed E-state index contributed by atoms with van der Waals surface area (Å²) >= 11 is 5.94. The maximum Gasteiger partial charge on any atom is 0.239 e. The first kappa shape index (κ1) is 21.7. The Hall–Kier alpha value is -1.63. The molecule has 2 N–H and O–H groups in total. The van der Waals surface area contributed by atoms with E-state index in [2.05, 4.69) is 29.4 Å². The Morgan fingerprint density at radius 3 is 2.41 bits per heavy atom. The molecule has 27 heavy (non-hydrogen) atoms. The highest BCUT2D eigenvalue weighted by Crippen LogP contribution is 2.28. The van der Waals surface area contributed by atoms with Gasteiger partial charge in [-0.1, -0.05) is 37.6 Å². The molecular formula is C20H30ClN3O3. The molecule has 0 bridgehead atoms. The maximum absolute atomic E-state index is 12.3. The Kier molecular flexibility index (Phi) is 9.04. The molecule has 0 aromatic heterocycles. The van der Waals surface area contributed by atoms with E-state index in [9.17, 15) is 9.59 Å². The minimum absolute atomic E-state index is 0.00732. The maximum atomic E-state index is 12.3. The highest BCUT2D eigenvalue weighted by atomic mass is 35.5. The molecule has 2 rings (SSSR count). The lowest BCUT2D eigenvalue weighted by Gasteiger charge is -2.26. The second-order valence-electron chi connectivity index (χ2n) is 7.19. The molecule has 1 atom stereocenters. The predicted molar refractivity (Wildman–Crippen MR) is 107 cm³/mol. The van der Waals surface area contributed by atoms with E-state index >= 15 is 0 Å². The molecule has 1 aliphatic heterocycles. The summed E-state index contributed by atoms with van der Waals surface area (Å²) in [5.74, 6) is 0.113. The van der Waals surface area contributed by atoms with Crippen molar-refractivity contribution in [2.75, 3.05) is 45.9 Å². The average Bonchev–Trinajstić information content (AvgIpc) is 2.66. The molecule has 0 saturated carbocycles. The van der Waals surface area contributed by atoms with Gasteiger partial charge in [-0.3, -0.25) is 14.5 Å². The lowest BCUT2D eigenvalue weighted by atomic mass is 9.85. The highest BCUT2D eigenvalue weighted by molar-refractivity contribution is 6.30. The summed E-state index contributed by atoms with van der Waals surface area (Å²) in [5, 5.41) is 6.26. The molecule has 6 nitrogen and oxygen atoms in total. The zero-order chi connectivity index (χ0) is 19.6. The van der Waals surface area contributed by atoms with Crippen LogP contribution in [0, 0.1) is 5.92 Å². The monoisotopic (exact) mass is 395 g/mol. The smallest absolute Gasteiger partial charge is 0.239 e. The van der Waals surface area contributed by atoms with Gasteiger partial charge >= 0.3 is 0 Å². The van der Waals surface area contributed by atoms with E-state index < -0.39 is 0 Å². The van der Waals surface area contributed by atoms with Gasteiger partial charge in [0.2, 0.25) is 11.8 Å². The summed E-state index contributed by atoms with van der Waals surface area (Å²) in [6.45, 7) is 8.84. The molecule has 7 heteroatoms. The quantitative estimate of drug-likeness (QED) is 0.671. The molecule has 0 radical (unpaired) electrons. The number of halogens is 1. The number of rotatable bonds is 9. The predicted octanol–water partition coefficient (Wildman–Crippen LogP) is 2.03. The van der Waals surface area contributed by atoms with Crippen LogP contribution in [0.4, 0.5) is 0 Å². The van der Waals surface area contributed by atoms with Crippen LogP contribution in [0.25, 0.3) is 0 Å². The largest absolute Gasteiger partial charge is 0.379 e. The third kappa shape index (κ3) is 7.87. The van der Waals surface area contributed by atoms with Gasteiger partial charge < -0.3 is 15.4 Å². The summed E-state index contributed by atoms with van der Waals surface area (Å²) in [6.07, 6.45) is 0.348. The number of ether oxygens (including phenoxy) is 1. The number of hydrogen-bond acceptors (Lipinski definition) is 4. The second-order valence-corrected chi connectivity index (χ2v) is 7.62. The van der Waals surface area contributed by atoms with Crippen molar-refractivity contribution in [3.63, 3.8) is 0 Å². The topological polar surface area (TPSA) is 70.7 Å². The third-order valence-electron chi connectivity index (χ3n) is 4.81. The summed E-state index contributed by atoms with van der Waals surface area (Å²) in [5.41, 5.74) is 1.08. The zero-order valence-electron chi connectivity index (χ0n) is 16.2. The van der Waals surface area contributed by atoms with Crippen molar-refractivity contribution in [1.82, 2.24) is 15.5 Å². The summed E-state index contributed by atoms with van der Waals surface area (Å²) in [7, 11) is 0. The van der Waals surface area contributed by atoms with E-state index in [-0.39, 0.29) is 24.3 Å². The standard InChI is InChI=1S/C20H30ClN3O3/c1-15(2)18(16-3-5-17(21)6-4-16)13-19(25)23-14-20(26)22-7-8-24-9-11-27-12-10-24/h3-6,15,18H,7-14H2,1-2H3,(H,22,26)(H,23,25). The minimum Gasteiger partial charge on any atom is -0.379 e. The Balaban J connectivity index is 1.70. The molecular weight excluding hydrogens is 366 g/mol. The number of nitrogens with one attached hydrogen (secondary N) is 2. The van der Waals surface area contributed by atoms with Crippen LogP contribution in [0.1, 0.15) is 31.7 Å². The Bertz CT molecular complexity index is 601. The van der Waals surface area contributed by atoms with Crippen LogP contribution in [0.15, 0.2) is 24.3 Å². The fraction of sp³-hybridized carbons (Fsp3) is 0.600. The van der Waals surface area contributed by atoms with Crippen LogP contribution < -0.4 is 10.6 Å². The van der Waals surface area contributed by atoms with Crippen molar-refractivity contribution < 1.29 is 14.3 Å². The molecule has 1 unspecified atom stereocenters. The van der Waals surface area contributed by atoms with Crippen molar-refractivity contribution in [3.05, 3.63) is 34.9 Å². The molecule has 1 aliphatic rings. The van der Waals surface area contributed by atoms with Gasteiger partial charge in [0, 0.05) is 37.6 Å². The number of benzene rings is 1. The second kappa shape index (κ2) is 11.3. The van der Waals surface area contributed by atoms with Gasteiger partial charge in [-0.2, -0.15) is 0 Å². The molecule has 0 aliphatic carbocycles. The van der Waals surface area contributed by atoms with E-state index in [1.165, 1.54) is 0 Å². The van der Waals surface area contributed by atoms with Crippen molar-refractivity contribution in [3.8, 4) is 0 Å². The molecule has 2 amide bonds. The zero-order valence-corrected chi connectivity index (χ0v) is 16.9. The van der Waals surface area contributed by atoms with Crippen LogP contribution in [0.5, 0.6) is 0 Å². The molecule has 1 aromatic carbocycles. The Morgan fingerprint density at radius 2 is 1.78 bits per heavy atom. The fourth-order valence-electron chi connectivity index (χ4n) is 3.14. The lowest BCUT2D eigenvalue weighted by Crippen LogP contribution is -2.43. The minimum atomic E-state index is -0.163. The van der Waals surface area contributed by atoms with Crippen LogP contribution in [-0.2, 0) is 14.3 Å². The van der Waals surface area contributed by atoms with Gasteiger partial charge in [-0.15, -0.1) is 0 Å². The molecule has 1 aromatic rings. The number of carbonyl (C=O) groups is 2. The first-order chi connectivity index (χ1) is 13.0. The van der Waals surface area contributed by atoms with E-state index in [1.807, 2.05) is 24.3 Å². The number of nitrogens with zero attached hydrogens (tertiary/aromatic N) is 1. The van der Waals surface area contributed by atoms with Gasteiger partial charge in [0.05, 0.1) is 19.8 Å². The van der Waals surface area contributed by atoms with Crippen LogP contribution in [0.2, 0.25) is 5.02 Å². The first-order valence-corrected chi connectivity index (χ1v) is 9.92. The van der Waals surface area contributed by atoms with Crippen LogP contribution in [0.3, 0.4) is 0 Å². The number of morpholine rings is 1. The first-order valence-electron chi connectivity index (χ1n) is 9.54. The van der Waals surface area contributed by atoms with Crippen molar-refractivity contribution in [2.24, 2.45) is 5.92 Å². The van der Waals surface area contributed by atoms with Gasteiger partial charge in [0.15, 0.2) is 0 Å². The van der Waals surface area contributed by atoms with Gasteiger partial charge in [0.1, 0.15) is 0 Å². The average molecular weight is 396 g/mol. The summed E-state index contributed by atoms with van der Waals surface area (Å²) in [4.78, 5) is 26.5. The molecule has 1 fully saturated rings. The van der Waals surface area contributed by atoms with E-state index in [1.54, 1.807) is 0 Å². The Labute approximate surface area is 166 Å². The molecule has 0 spiro atoms. The number of amides is 2. The van der Waals surface area contributed by atoms with Crippen LogP contribution in [-0.4, -0.2) is 62.7 Å². The summed E-state index contributed by atoms with van der Waals surface area (Å²) < 4.78 is 5.30. The number of carbonyl (C=O) groups excluding carboxylic acids is 2. The number of hydrogen-bond donors (Lipinski definition) is 2. The molecule has 1 heterocycles. The van der Waals surface area contributed by atoms with E-state index in [4.69, 9.17) is 16.3 Å². The van der Waals surface area contributed by atoms with Crippen molar-refractivity contribution in [1.29, 1.82) is 0 Å². The Morgan fingerprint density at radius 1 is 1.11 bits per heavy atom. The summed E-state index contributed by atoms with van der Waals surface area (Å²) in [6, 6.07) is 7.59. The fourth-order valence-corrected chi connectivity index (χ4v) is 3.27. The SMILES string of the molecule is CC(C)C(CC(=O)NCC(=O)NCCN1CCOCC1)c1ccc(Cl)cc1. The van der Waals surface area contributed by atoms with Crippen molar-refractivity contribution >= 4 is 23.4 Å². The van der Waals surface area contributed by atoms with Gasteiger partial charge in [-0.25, -0.2) is 0 Å². The lowest BCUT2D eigenvalue weighted by molar-refractivity contribution is -0.126. The molecule has 150 valence electrons. The molecule has 1 saturated heterocycles. The van der Waals surface area contributed by atoms with E-state index in [0.29, 0.717) is 23.9 Å². The third-order valence-corrected chi connectivity index (χ3v) is 5.06. The van der Waals surface area contributed by atoms with Crippen LogP contribution >= 0.6 is 11.6 Å². The normalized spacial score (nSPS) is 16.1. The highest BCUT2D eigenvalue weighted by Gasteiger charge is 2.20. The van der Waals surface area contributed by atoms with Gasteiger partial charge in [-0.05, 0) is 29.5 Å². The van der Waals surface area contributed by atoms with Gasteiger partial charge in [0.25, 0.3) is 0 Å².